The first kappa shape index (κ1) is 17.4. The van der Waals surface area contributed by atoms with Gasteiger partial charge in [-0.05, 0) is 33.2 Å². The fourth-order valence-corrected chi connectivity index (χ4v) is 2.39. The highest BCUT2D eigenvalue weighted by molar-refractivity contribution is 5.69. The van der Waals surface area contributed by atoms with Crippen molar-refractivity contribution < 1.29 is 14.3 Å². The molecule has 1 N–H and O–H groups in total. The summed E-state index contributed by atoms with van der Waals surface area (Å²) in [6.07, 6.45) is 3.68. The topological polar surface area (TPSA) is 50.8 Å². The van der Waals surface area contributed by atoms with E-state index in [0.29, 0.717) is 19.1 Å². The van der Waals surface area contributed by atoms with Gasteiger partial charge in [0.1, 0.15) is 0 Å². The zero-order chi connectivity index (χ0) is 14.6. The predicted molar refractivity (Wildman–Crippen MR) is 79.8 cm³/mol. The Kier molecular flexibility index (Phi) is 9.62. The Morgan fingerprint density at radius 3 is 2.75 bits per heavy atom. The Labute approximate surface area is 123 Å². The van der Waals surface area contributed by atoms with E-state index in [2.05, 4.69) is 17.1 Å². The van der Waals surface area contributed by atoms with Crippen molar-refractivity contribution in [3.05, 3.63) is 0 Å². The molecule has 0 amide bonds. The summed E-state index contributed by atoms with van der Waals surface area (Å²) in [7, 11) is 0. The van der Waals surface area contributed by atoms with Gasteiger partial charge in [0.2, 0.25) is 0 Å². The minimum atomic E-state index is -0.0684. The Morgan fingerprint density at radius 2 is 2.05 bits per heavy atom. The van der Waals surface area contributed by atoms with Crippen LogP contribution in [0.2, 0.25) is 0 Å². The molecule has 1 saturated heterocycles. The molecule has 20 heavy (non-hydrogen) atoms. The predicted octanol–water partition coefficient (Wildman–Crippen LogP) is 1.42. The van der Waals surface area contributed by atoms with Gasteiger partial charge in [-0.3, -0.25) is 9.69 Å². The van der Waals surface area contributed by atoms with Gasteiger partial charge in [0.15, 0.2) is 0 Å². The maximum atomic E-state index is 11.2. The van der Waals surface area contributed by atoms with E-state index in [1.54, 1.807) is 0 Å². The lowest BCUT2D eigenvalue weighted by Crippen LogP contribution is -2.44. The molecule has 5 nitrogen and oxygen atoms in total. The van der Waals surface area contributed by atoms with Crippen LogP contribution in [0.15, 0.2) is 0 Å². The third-order valence-corrected chi connectivity index (χ3v) is 3.49. The first-order valence-corrected chi connectivity index (χ1v) is 7.91. The molecule has 0 aromatic heterocycles. The van der Waals surface area contributed by atoms with E-state index >= 15 is 0 Å². The highest BCUT2D eigenvalue weighted by Crippen LogP contribution is 2.02. The minimum Gasteiger partial charge on any atom is -0.466 e. The van der Waals surface area contributed by atoms with Crippen molar-refractivity contribution in [1.82, 2.24) is 10.2 Å². The normalized spacial score (nSPS) is 17.9. The van der Waals surface area contributed by atoms with E-state index in [1.165, 1.54) is 0 Å². The number of hydrogen-bond donors (Lipinski definition) is 1. The fourth-order valence-electron chi connectivity index (χ4n) is 2.39. The molecule has 1 atom stereocenters. The van der Waals surface area contributed by atoms with Crippen LogP contribution >= 0.6 is 0 Å². The molecule has 0 bridgehead atoms. The van der Waals surface area contributed by atoms with Crippen molar-refractivity contribution in [2.75, 3.05) is 46.0 Å². The molecule has 1 aliphatic heterocycles. The van der Waals surface area contributed by atoms with Crippen molar-refractivity contribution in [3.63, 3.8) is 0 Å². The van der Waals surface area contributed by atoms with Crippen LogP contribution in [-0.4, -0.2) is 62.9 Å². The van der Waals surface area contributed by atoms with E-state index in [9.17, 15) is 4.79 Å². The summed E-state index contributed by atoms with van der Waals surface area (Å²) in [6.45, 7) is 10.5. The molecule has 1 heterocycles. The Hall–Kier alpha value is -0.650. The molecular formula is C15H30N2O3. The zero-order valence-electron chi connectivity index (χ0n) is 13.0. The standard InChI is InChI=1S/C15H30N2O3/c1-3-20-15(18)7-5-4-6-8-16-14(2)13-17-9-11-19-12-10-17/h14,16H,3-13H2,1-2H3. The van der Waals surface area contributed by atoms with Gasteiger partial charge in [-0.15, -0.1) is 0 Å². The molecule has 0 spiro atoms. The first-order chi connectivity index (χ1) is 9.72. The summed E-state index contributed by atoms with van der Waals surface area (Å²) in [6, 6.07) is 0.512. The Balaban J connectivity index is 1.91. The van der Waals surface area contributed by atoms with Crippen LogP contribution in [-0.2, 0) is 14.3 Å². The summed E-state index contributed by atoms with van der Waals surface area (Å²) in [5.41, 5.74) is 0. The fraction of sp³-hybridized carbons (Fsp3) is 0.933. The largest absolute Gasteiger partial charge is 0.466 e. The maximum Gasteiger partial charge on any atom is 0.305 e. The second-order valence-corrected chi connectivity index (χ2v) is 5.38. The van der Waals surface area contributed by atoms with E-state index < -0.39 is 0 Å². The average Bonchev–Trinajstić information content (AvgIpc) is 2.44. The average molecular weight is 286 g/mol. The summed E-state index contributed by atoms with van der Waals surface area (Å²) < 4.78 is 10.2. The zero-order valence-corrected chi connectivity index (χ0v) is 13.0. The molecule has 1 unspecified atom stereocenters. The number of esters is 1. The van der Waals surface area contributed by atoms with E-state index in [4.69, 9.17) is 9.47 Å². The van der Waals surface area contributed by atoms with Crippen LogP contribution in [0.4, 0.5) is 0 Å². The third-order valence-electron chi connectivity index (χ3n) is 3.49. The lowest BCUT2D eigenvalue weighted by atomic mass is 10.2. The third kappa shape index (κ3) is 8.51. The molecular weight excluding hydrogens is 256 g/mol. The van der Waals surface area contributed by atoms with Crippen molar-refractivity contribution >= 4 is 5.97 Å². The number of unbranched alkanes of at least 4 members (excludes halogenated alkanes) is 2. The van der Waals surface area contributed by atoms with Gasteiger partial charge in [-0.1, -0.05) is 6.42 Å². The lowest BCUT2D eigenvalue weighted by molar-refractivity contribution is -0.143. The molecule has 5 heteroatoms. The van der Waals surface area contributed by atoms with Gasteiger partial charge in [-0.2, -0.15) is 0 Å². The van der Waals surface area contributed by atoms with Crippen LogP contribution in [0.3, 0.4) is 0 Å². The van der Waals surface area contributed by atoms with Crippen LogP contribution in [0.5, 0.6) is 0 Å². The smallest absolute Gasteiger partial charge is 0.305 e. The second kappa shape index (κ2) is 11.1. The van der Waals surface area contributed by atoms with E-state index in [-0.39, 0.29) is 5.97 Å². The number of carbonyl (C=O) groups excluding carboxylic acids is 1. The van der Waals surface area contributed by atoms with Gasteiger partial charge in [0.25, 0.3) is 0 Å². The highest BCUT2D eigenvalue weighted by atomic mass is 16.5. The monoisotopic (exact) mass is 286 g/mol. The maximum absolute atomic E-state index is 11.2. The van der Waals surface area contributed by atoms with E-state index in [0.717, 1.165) is 58.7 Å². The molecule has 0 saturated carbocycles. The van der Waals surface area contributed by atoms with Gasteiger partial charge in [0.05, 0.1) is 19.8 Å². The summed E-state index contributed by atoms with van der Waals surface area (Å²) >= 11 is 0. The van der Waals surface area contributed by atoms with Crippen molar-refractivity contribution in [1.29, 1.82) is 0 Å². The number of ether oxygens (including phenoxy) is 2. The summed E-state index contributed by atoms with van der Waals surface area (Å²) in [4.78, 5) is 13.6. The summed E-state index contributed by atoms with van der Waals surface area (Å²) in [5, 5.41) is 3.54. The SMILES string of the molecule is CCOC(=O)CCCCCNC(C)CN1CCOCC1. The van der Waals surface area contributed by atoms with Gasteiger partial charge in [0, 0.05) is 32.1 Å². The van der Waals surface area contributed by atoms with Crippen molar-refractivity contribution in [2.45, 2.75) is 45.6 Å². The molecule has 0 aromatic carbocycles. The summed E-state index contributed by atoms with van der Waals surface area (Å²) in [5.74, 6) is -0.0684. The van der Waals surface area contributed by atoms with Gasteiger partial charge in [-0.25, -0.2) is 0 Å². The molecule has 0 aliphatic carbocycles. The lowest BCUT2D eigenvalue weighted by Gasteiger charge is -2.29. The number of morpholine rings is 1. The number of hydrogen-bond acceptors (Lipinski definition) is 5. The quantitative estimate of drug-likeness (QED) is 0.486. The molecule has 118 valence electrons. The first-order valence-electron chi connectivity index (χ1n) is 7.91. The molecule has 1 aliphatic rings. The van der Waals surface area contributed by atoms with Crippen LogP contribution < -0.4 is 5.32 Å². The van der Waals surface area contributed by atoms with Crippen LogP contribution in [0.1, 0.15) is 39.5 Å². The number of nitrogens with one attached hydrogen (secondary N) is 1. The second-order valence-electron chi connectivity index (χ2n) is 5.38. The molecule has 0 radical (unpaired) electrons. The van der Waals surface area contributed by atoms with Crippen LogP contribution in [0, 0.1) is 0 Å². The number of rotatable bonds is 10. The Morgan fingerprint density at radius 1 is 1.30 bits per heavy atom. The van der Waals surface area contributed by atoms with E-state index in [1.807, 2.05) is 6.92 Å². The Bertz CT molecular complexity index is 256. The van der Waals surface area contributed by atoms with Crippen LogP contribution in [0.25, 0.3) is 0 Å². The molecule has 1 rings (SSSR count). The molecule has 0 aromatic rings. The number of nitrogens with zero attached hydrogens (tertiary/aromatic N) is 1. The minimum absolute atomic E-state index is 0.0684. The molecule has 1 fully saturated rings. The van der Waals surface area contributed by atoms with Crippen molar-refractivity contribution in [2.24, 2.45) is 0 Å². The van der Waals surface area contributed by atoms with Crippen molar-refractivity contribution in [3.8, 4) is 0 Å². The number of carbonyl (C=O) groups is 1. The highest BCUT2D eigenvalue weighted by Gasteiger charge is 2.12. The van der Waals surface area contributed by atoms with Gasteiger partial charge >= 0.3 is 5.97 Å². The van der Waals surface area contributed by atoms with Gasteiger partial charge < -0.3 is 14.8 Å².